The number of esters is 1. The number of carbonyl (C=O) groups excluding carboxylic acids is 3. The van der Waals surface area contributed by atoms with Crippen LogP contribution in [0.15, 0.2) is 0 Å². The Labute approximate surface area is 82.0 Å². The summed E-state index contributed by atoms with van der Waals surface area (Å²) in [5, 5.41) is 4.79. The lowest BCUT2D eigenvalue weighted by molar-refractivity contribution is -0.144. The Hall–Kier alpha value is -1.59. The molecule has 2 amide bonds. The highest BCUT2D eigenvalue weighted by molar-refractivity contribution is 5.77. The lowest BCUT2D eigenvalue weighted by Crippen LogP contribution is -2.37. The SMILES string of the molecule is COC(=O)[C@H](CCCNC=O)NC=O. The molecule has 0 aliphatic rings. The average Bonchev–Trinajstić information content (AvgIpc) is 2.21. The van der Waals surface area contributed by atoms with Gasteiger partial charge in [0.1, 0.15) is 6.04 Å². The maximum Gasteiger partial charge on any atom is 0.328 e. The lowest BCUT2D eigenvalue weighted by atomic mass is 10.1. The van der Waals surface area contributed by atoms with Crippen LogP contribution in [0.3, 0.4) is 0 Å². The molecule has 0 heterocycles. The third-order valence-corrected chi connectivity index (χ3v) is 1.65. The number of amides is 2. The van der Waals surface area contributed by atoms with E-state index in [0.717, 1.165) is 0 Å². The van der Waals surface area contributed by atoms with E-state index < -0.39 is 12.0 Å². The predicted molar refractivity (Wildman–Crippen MR) is 48.3 cm³/mol. The summed E-state index contributed by atoms with van der Waals surface area (Å²) in [5.74, 6) is -0.483. The van der Waals surface area contributed by atoms with Gasteiger partial charge in [-0.3, -0.25) is 9.59 Å². The third kappa shape index (κ3) is 5.13. The Bertz CT molecular complexity index is 196. The highest BCUT2D eigenvalue weighted by Crippen LogP contribution is 1.97. The van der Waals surface area contributed by atoms with Gasteiger partial charge in [0.05, 0.1) is 7.11 Å². The molecule has 80 valence electrons. The zero-order chi connectivity index (χ0) is 10.8. The van der Waals surface area contributed by atoms with Crippen molar-refractivity contribution in [3.63, 3.8) is 0 Å². The summed E-state index contributed by atoms with van der Waals surface area (Å²) >= 11 is 0. The van der Waals surface area contributed by atoms with E-state index in [4.69, 9.17) is 0 Å². The summed E-state index contributed by atoms with van der Waals surface area (Å²) in [6.45, 7) is 0.470. The molecule has 0 bridgehead atoms. The minimum atomic E-state index is -0.633. The zero-order valence-electron chi connectivity index (χ0n) is 7.99. The van der Waals surface area contributed by atoms with Crippen molar-refractivity contribution in [2.75, 3.05) is 13.7 Å². The zero-order valence-corrected chi connectivity index (χ0v) is 7.99. The van der Waals surface area contributed by atoms with Gasteiger partial charge < -0.3 is 15.4 Å². The first-order chi connectivity index (χ1) is 6.76. The molecule has 0 saturated carbocycles. The summed E-state index contributed by atoms with van der Waals surface area (Å²) < 4.78 is 4.47. The van der Waals surface area contributed by atoms with Crippen molar-refractivity contribution in [1.82, 2.24) is 10.6 Å². The van der Waals surface area contributed by atoms with Crippen molar-refractivity contribution < 1.29 is 19.1 Å². The highest BCUT2D eigenvalue weighted by atomic mass is 16.5. The van der Waals surface area contributed by atoms with Crippen molar-refractivity contribution in [3.8, 4) is 0 Å². The van der Waals surface area contributed by atoms with Crippen LogP contribution in [0.4, 0.5) is 0 Å². The molecule has 0 aromatic rings. The molecule has 0 aromatic carbocycles. The second kappa shape index (κ2) is 8.03. The Kier molecular flexibility index (Phi) is 7.12. The molecule has 0 rings (SSSR count). The third-order valence-electron chi connectivity index (χ3n) is 1.65. The van der Waals surface area contributed by atoms with Crippen LogP contribution < -0.4 is 10.6 Å². The fourth-order valence-corrected chi connectivity index (χ4v) is 0.961. The highest BCUT2D eigenvalue weighted by Gasteiger charge is 2.16. The number of rotatable bonds is 8. The summed E-state index contributed by atoms with van der Waals surface area (Å²) in [6, 6.07) is -0.633. The van der Waals surface area contributed by atoms with E-state index in [1.54, 1.807) is 0 Å². The van der Waals surface area contributed by atoms with Crippen LogP contribution in [0.1, 0.15) is 12.8 Å². The normalized spacial score (nSPS) is 11.2. The average molecular weight is 202 g/mol. The fourth-order valence-electron chi connectivity index (χ4n) is 0.961. The Balaban J connectivity index is 3.78. The van der Waals surface area contributed by atoms with E-state index >= 15 is 0 Å². The minimum absolute atomic E-state index is 0.437. The molecule has 6 nitrogen and oxygen atoms in total. The second-order valence-corrected chi connectivity index (χ2v) is 2.57. The molecule has 0 saturated heterocycles. The van der Waals surface area contributed by atoms with Gasteiger partial charge in [-0.15, -0.1) is 0 Å². The lowest BCUT2D eigenvalue weighted by Gasteiger charge is -2.12. The number of carbonyl (C=O) groups is 3. The van der Waals surface area contributed by atoms with E-state index in [2.05, 4.69) is 15.4 Å². The van der Waals surface area contributed by atoms with Gasteiger partial charge in [0, 0.05) is 6.54 Å². The van der Waals surface area contributed by atoms with E-state index in [-0.39, 0.29) is 0 Å². The molecule has 6 heteroatoms. The quantitative estimate of drug-likeness (QED) is 0.294. The first kappa shape index (κ1) is 12.4. The van der Waals surface area contributed by atoms with Gasteiger partial charge in [0.15, 0.2) is 0 Å². The smallest absolute Gasteiger partial charge is 0.328 e. The number of hydrogen-bond acceptors (Lipinski definition) is 4. The van der Waals surface area contributed by atoms with E-state index in [0.29, 0.717) is 32.2 Å². The van der Waals surface area contributed by atoms with E-state index in [1.165, 1.54) is 7.11 Å². The topological polar surface area (TPSA) is 84.5 Å². The van der Waals surface area contributed by atoms with Gasteiger partial charge in [0.2, 0.25) is 12.8 Å². The molecular formula is C8H14N2O4. The molecule has 1 atom stereocenters. The standard InChI is InChI=1S/C8H14N2O4/c1-14-8(13)7(10-6-12)3-2-4-9-5-11/h5-7H,2-4H2,1H3,(H,9,11)(H,10,12)/t7-/m0/s1. The molecule has 0 aliphatic carbocycles. The molecule has 0 unspecified atom stereocenters. The molecular weight excluding hydrogens is 188 g/mol. The molecule has 14 heavy (non-hydrogen) atoms. The van der Waals surface area contributed by atoms with Crippen molar-refractivity contribution in [2.24, 2.45) is 0 Å². The molecule has 0 fully saturated rings. The van der Waals surface area contributed by atoms with Crippen LogP contribution in [0, 0.1) is 0 Å². The van der Waals surface area contributed by atoms with Gasteiger partial charge >= 0.3 is 5.97 Å². The molecule has 0 spiro atoms. The molecule has 2 N–H and O–H groups in total. The van der Waals surface area contributed by atoms with Crippen molar-refractivity contribution in [1.29, 1.82) is 0 Å². The van der Waals surface area contributed by atoms with Crippen LogP contribution in [0.25, 0.3) is 0 Å². The van der Waals surface area contributed by atoms with Gasteiger partial charge in [-0.25, -0.2) is 4.79 Å². The van der Waals surface area contributed by atoms with Gasteiger partial charge in [0.25, 0.3) is 0 Å². The Morgan fingerprint density at radius 1 is 1.43 bits per heavy atom. The number of ether oxygens (including phenoxy) is 1. The number of methoxy groups -OCH3 is 1. The van der Waals surface area contributed by atoms with Crippen LogP contribution in [-0.2, 0) is 19.1 Å². The maximum absolute atomic E-state index is 11.0. The molecule has 0 radical (unpaired) electrons. The van der Waals surface area contributed by atoms with E-state index in [9.17, 15) is 14.4 Å². The summed E-state index contributed by atoms with van der Waals surface area (Å²) in [4.78, 5) is 31.1. The van der Waals surface area contributed by atoms with Crippen molar-refractivity contribution >= 4 is 18.8 Å². The Morgan fingerprint density at radius 2 is 2.14 bits per heavy atom. The van der Waals surface area contributed by atoms with Crippen LogP contribution in [0.2, 0.25) is 0 Å². The van der Waals surface area contributed by atoms with Crippen LogP contribution in [-0.4, -0.2) is 38.5 Å². The second-order valence-electron chi connectivity index (χ2n) is 2.57. The number of nitrogens with one attached hydrogen (secondary N) is 2. The first-order valence-electron chi connectivity index (χ1n) is 4.20. The maximum atomic E-state index is 11.0. The van der Waals surface area contributed by atoms with Crippen LogP contribution >= 0.6 is 0 Å². The van der Waals surface area contributed by atoms with Crippen molar-refractivity contribution in [3.05, 3.63) is 0 Å². The van der Waals surface area contributed by atoms with E-state index in [1.807, 2.05) is 0 Å². The largest absolute Gasteiger partial charge is 0.467 e. The predicted octanol–water partition coefficient (Wildman–Crippen LogP) is -1.20. The monoisotopic (exact) mass is 202 g/mol. The minimum Gasteiger partial charge on any atom is -0.467 e. The fraction of sp³-hybridized carbons (Fsp3) is 0.625. The Morgan fingerprint density at radius 3 is 2.64 bits per heavy atom. The number of hydrogen-bond donors (Lipinski definition) is 2. The first-order valence-corrected chi connectivity index (χ1v) is 4.20. The molecule has 0 aromatic heterocycles. The van der Waals surface area contributed by atoms with Gasteiger partial charge in [-0.1, -0.05) is 0 Å². The van der Waals surface area contributed by atoms with Crippen molar-refractivity contribution in [2.45, 2.75) is 18.9 Å². The summed E-state index contributed by atoms with van der Waals surface area (Å²) in [5.41, 5.74) is 0. The van der Waals surface area contributed by atoms with Crippen LogP contribution in [0.5, 0.6) is 0 Å². The van der Waals surface area contributed by atoms with Gasteiger partial charge in [-0.05, 0) is 12.8 Å². The molecule has 0 aliphatic heterocycles. The summed E-state index contributed by atoms with van der Waals surface area (Å²) in [6.07, 6.45) is 2.07. The summed E-state index contributed by atoms with van der Waals surface area (Å²) in [7, 11) is 1.26. The van der Waals surface area contributed by atoms with Gasteiger partial charge in [-0.2, -0.15) is 0 Å².